The van der Waals surface area contributed by atoms with E-state index in [0.29, 0.717) is 28.8 Å². The minimum absolute atomic E-state index is 0.0316. The van der Waals surface area contributed by atoms with Crippen LogP contribution in [0, 0.1) is 6.92 Å². The van der Waals surface area contributed by atoms with E-state index in [4.69, 9.17) is 4.74 Å². The van der Waals surface area contributed by atoms with Crippen LogP contribution in [0.4, 0.5) is 11.6 Å². The van der Waals surface area contributed by atoms with E-state index in [1.807, 2.05) is 75.4 Å². The molecule has 3 aromatic rings. The number of carbonyl (C=O) groups excluding carboxylic acids is 1. The van der Waals surface area contributed by atoms with E-state index in [0.717, 1.165) is 5.75 Å². The lowest BCUT2D eigenvalue weighted by molar-refractivity contribution is 0.0938. The molecule has 1 heterocycles. The minimum atomic E-state index is -0.229. The zero-order chi connectivity index (χ0) is 19.2. The van der Waals surface area contributed by atoms with Crippen LogP contribution in [0.1, 0.15) is 30.0 Å². The van der Waals surface area contributed by atoms with Crippen LogP contribution in [0.3, 0.4) is 0 Å². The van der Waals surface area contributed by atoms with Crippen molar-refractivity contribution in [1.82, 2.24) is 15.3 Å². The van der Waals surface area contributed by atoms with Crippen molar-refractivity contribution < 1.29 is 9.53 Å². The molecule has 1 amide bonds. The maximum Gasteiger partial charge on any atom is 0.270 e. The molecule has 3 rings (SSSR count). The number of nitrogens with one attached hydrogen (secondary N) is 2. The number of hydrogen-bond acceptors (Lipinski definition) is 5. The molecule has 0 bridgehead atoms. The number of aromatic nitrogens is 2. The van der Waals surface area contributed by atoms with Gasteiger partial charge in [-0.1, -0.05) is 30.3 Å². The summed E-state index contributed by atoms with van der Waals surface area (Å²) in [6.07, 6.45) is 0. The van der Waals surface area contributed by atoms with Crippen molar-refractivity contribution in [3.63, 3.8) is 0 Å². The van der Waals surface area contributed by atoms with Crippen LogP contribution in [-0.4, -0.2) is 21.9 Å². The third-order valence-corrected chi connectivity index (χ3v) is 3.61. The van der Waals surface area contributed by atoms with Crippen molar-refractivity contribution in [3.8, 4) is 11.5 Å². The van der Waals surface area contributed by atoms with Crippen LogP contribution >= 0.6 is 0 Å². The first kappa shape index (κ1) is 18.4. The Morgan fingerprint density at radius 2 is 1.70 bits per heavy atom. The predicted molar refractivity (Wildman–Crippen MR) is 106 cm³/mol. The number of carbonyl (C=O) groups is 1. The Morgan fingerprint density at radius 1 is 1.00 bits per heavy atom. The maximum absolute atomic E-state index is 12.3. The molecule has 0 spiro atoms. The Labute approximate surface area is 158 Å². The molecule has 138 valence electrons. The lowest BCUT2D eigenvalue weighted by atomic mass is 10.2. The number of para-hydroxylation sites is 3. The summed E-state index contributed by atoms with van der Waals surface area (Å²) in [5, 5.41) is 5.99. The van der Waals surface area contributed by atoms with Crippen LogP contribution in [0.25, 0.3) is 0 Å². The molecule has 0 aliphatic carbocycles. The maximum atomic E-state index is 12.3. The molecular formula is C21H22N4O2. The van der Waals surface area contributed by atoms with Crippen LogP contribution in [0.5, 0.6) is 11.5 Å². The summed E-state index contributed by atoms with van der Waals surface area (Å²) in [4.78, 5) is 21.0. The summed E-state index contributed by atoms with van der Waals surface area (Å²) in [6.45, 7) is 5.63. The van der Waals surface area contributed by atoms with Gasteiger partial charge in [-0.25, -0.2) is 9.97 Å². The summed E-state index contributed by atoms with van der Waals surface area (Å²) in [5.41, 5.74) is 1.73. The van der Waals surface area contributed by atoms with Gasteiger partial charge in [0, 0.05) is 11.7 Å². The summed E-state index contributed by atoms with van der Waals surface area (Å²) >= 11 is 0. The first-order valence-electron chi connectivity index (χ1n) is 8.77. The number of benzene rings is 2. The molecule has 0 unspecified atom stereocenters. The van der Waals surface area contributed by atoms with E-state index >= 15 is 0 Å². The average Bonchev–Trinajstić information content (AvgIpc) is 2.63. The number of aryl methyl sites for hydroxylation is 1. The van der Waals surface area contributed by atoms with Crippen molar-refractivity contribution in [1.29, 1.82) is 0 Å². The van der Waals surface area contributed by atoms with Gasteiger partial charge >= 0.3 is 0 Å². The molecule has 0 atom stereocenters. The molecule has 0 saturated heterocycles. The fourth-order valence-corrected chi connectivity index (χ4v) is 2.47. The van der Waals surface area contributed by atoms with Crippen LogP contribution in [-0.2, 0) is 0 Å². The van der Waals surface area contributed by atoms with Gasteiger partial charge in [0.25, 0.3) is 5.91 Å². The van der Waals surface area contributed by atoms with Crippen molar-refractivity contribution in [3.05, 3.63) is 72.1 Å². The Hall–Kier alpha value is -3.41. The second kappa shape index (κ2) is 8.31. The third-order valence-electron chi connectivity index (χ3n) is 3.61. The quantitative estimate of drug-likeness (QED) is 0.677. The largest absolute Gasteiger partial charge is 0.455 e. The SMILES string of the molecule is Cc1cc(C(=O)NC(C)C)nc(Nc2ccccc2Oc2ccccc2)n1. The van der Waals surface area contributed by atoms with E-state index in [-0.39, 0.29) is 11.9 Å². The van der Waals surface area contributed by atoms with E-state index in [2.05, 4.69) is 20.6 Å². The van der Waals surface area contributed by atoms with Gasteiger partial charge in [-0.05, 0) is 51.1 Å². The molecule has 0 aliphatic rings. The molecular weight excluding hydrogens is 340 g/mol. The van der Waals surface area contributed by atoms with Gasteiger partial charge in [0.2, 0.25) is 5.95 Å². The topological polar surface area (TPSA) is 76.1 Å². The Balaban J connectivity index is 1.85. The number of amides is 1. The molecule has 0 saturated carbocycles. The number of ether oxygens (including phenoxy) is 1. The molecule has 0 radical (unpaired) electrons. The van der Waals surface area contributed by atoms with Crippen molar-refractivity contribution in [2.45, 2.75) is 26.8 Å². The third kappa shape index (κ3) is 5.04. The average molecular weight is 362 g/mol. The van der Waals surface area contributed by atoms with E-state index in [9.17, 15) is 4.79 Å². The van der Waals surface area contributed by atoms with Gasteiger partial charge in [-0.2, -0.15) is 0 Å². The van der Waals surface area contributed by atoms with Crippen LogP contribution in [0.2, 0.25) is 0 Å². The fraction of sp³-hybridized carbons (Fsp3) is 0.190. The Bertz CT molecular complexity index is 926. The van der Waals surface area contributed by atoms with Gasteiger partial charge in [0.05, 0.1) is 5.69 Å². The van der Waals surface area contributed by atoms with Crippen molar-refractivity contribution >= 4 is 17.5 Å². The first-order valence-corrected chi connectivity index (χ1v) is 8.77. The zero-order valence-electron chi connectivity index (χ0n) is 15.6. The summed E-state index contributed by atoms with van der Waals surface area (Å²) < 4.78 is 5.94. The van der Waals surface area contributed by atoms with Gasteiger partial charge in [0.1, 0.15) is 11.4 Å². The first-order chi connectivity index (χ1) is 13.0. The number of nitrogens with zero attached hydrogens (tertiary/aromatic N) is 2. The van der Waals surface area contributed by atoms with Crippen molar-refractivity contribution in [2.75, 3.05) is 5.32 Å². The number of rotatable bonds is 6. The lowest BCUT2D eigenvalue weighted by Crippen LogP contribution is -2.31. The van der Waals surface area contributed by atoms with E-state index in [1.165, 1.54) is 0 Å². The van der Waals surface area contributed by atoms with Gasteiger partial charge in [-0.15, -0.1) is 0 Å². The highest BCUT2D eigenvalue weighted by Gasteiger charge is 2.13. The molecule has 2 N–H and O–H groups in total. The predicted octanol–water partition coefficient (Wildman–Crippen LogP) is 4.46. The molecule has 0 aliphatic heterocycles. The van der Waals surface area contributed by atoms with Crippen molar-refractivity contribution in [2.24, 2.45) is 0 Å². The molecule has 27 heavy (non-hydrogen) atoms. The molecule has 2 aromatic carbocycles. The Kier molecular flexibility index (Phi) is 5.66. The highest BCUT2D eigenvalue weighted by molar-refractivity contribution is 5.92. The number of anilines is 2. The van der Waals surface area contributed by atoms with Crippen LogP contribution in [0.15, 0.2) is 60.7 Å². The van der Waals surface area contributed by atoms with E-state index < -0.39 is 0 Å². The van der Waals surface area contributed by atoms with Gasteiger partial charge in [-0.3, -0.25) is 4.79 Å². The summed E-state index contributed by atoms with van der Waals surface area (Å²) in [7, 11) is 0. The standard InChI is InChI=1S/C21H22N4O2/c1-14(2)22-20(26)18-13-15(3)23-21(25-18)24-17-11-7-8-12-19(17)27-16-9-5-4-6-10-16/h4-14H,1-3H3,(H,22,26)(H,23,24,25). The monoisotopic (exact) mass is 362 g/mol. The highest BCUT2D eigenvalue weighted by atomic mass is 16.5. The smallest absolute Gasteiger partial charge is 0.270 e. The minimum Gasteiger partial charge on any atom is -0.455 e. The zero-order valence-corrected chi connectivity index (χ0v) is 15.6. The van der Waals surface area contributed by atoms with E-state index in [1.54, 1.807) is 6.07 Å². The number of hydrogen-bond donors (Lipinski definition) is 2. The second-order valence-corrected chi connectivity index (χ2v) is 6.38. The van der Waals surface area contributed by atoms with Crippen LogP contribution < -0.4 is 15.4 Å². The molecule has 1 aromatic heterocycles. The molecule has 6 nitrogen and oxygen atoms in total. The Morgan fingerprint density at radius 3 is 2.44 bits per heavy atom. The highest BCUT2D eigenvalue weighted by Crippen LogP contribution is 2.30. The summed E-state index contributed by atoms with van der Waals surface area (Å²) in [5.74, 6) is 1.48. The molecule has 6 heteroatoms. The van der Waals surface area contributed by atoms with Gasteiger partial charge in [0.15, 0.2) is 5.75 Å². The normalized spacial score (nSPS) is 10.5. The lowest BCUT2D eigenvalue weighted by Gasteiger charge is -2.13. The molecule has 0 fully saturated rings. The van der Waals surface area contributed by atoms with Gasteiger partial charge < -0.3 is 15.4 Å². The summed E-state index contributed by atoms with van der Waals surface area (Å²) in [6, 6.07) is 18.7. The fourth-order valence-electron chi connectivity index (χ4n) is 2.47. The second-order valence-electron chi connectivity index (χ2n) is 6.38.